The van der Waals surface area contributed by atoms with Crippen LogP contribution in [0.3, 0.4) is 0 Å². The Hall–Kier alpha value is -3.60. The summed E-state index contributed by atoms with van der Waals surface area (Å²) in [6, 6.07) is 27.0. The quantitative estimate of drug-likeness (QED) is 0.216. The Morgan fingerprint density at radius 1 is 0.714 bits per heavy atom. The molecule has 5 heteroatoms. The van der Waals surface area contributed by atoms with Gasteiger partial charge in [-0.15, -0.1) is 0 Å². The van der Waals surface area contributed by atoms with E-state index in [4.69, 9.17) is 0 Å². The van der Waals surface area contributed by atoms with E-state index in [1.165, 1.54) is 21.8 Å². The Labute approximate surface area is 201 Å². The van der Waals surface area contributed by atoms with E-state index >= 15 is 8.78 Å². The molecule has 168 valence electrons. The molecule has 9 rings (SSSR count). The highest BCUT2D eigenvalue weighted by Gasteiger charge is 2.67. The fourth-order valence-corrected chi connectivity index (χ4v) is 7.83. The van der Waals surface area contributed by atoms with Crippen molar-refractivity contribution < 1.29 is 8.78 Å². The van der Waals surface area contributed by atoms with Gasteiger partial charge in [-0.3, -0.25) is 0 Å². The third kappa shape index (κ3) is 1.84. The number of para-hydroxylation sites is 3. The number of rotatable bonds is 0. The molecule has 0 saturated heterocycles. The summed E-state index contributed by atoms with van der Waals surface area (Å²) in [6.45, 7) is -0.0553. The zero-order valence-corrected chi connectivity index (χ0v) is 19.1. The SMILES string of the molecule is FC12CCCCC1(F)N1c3cccc4c3B(c3cccc2c31)c1cccc2c3ccccc3n-4c12. The van der Waals surface area contributed by atoms with Gasteiger partial charge in [-0.05, 0) is 53.8 Å². The highest BCUT2D eigenvalue weighted by Crippen LogP contribution is 2.62. The van der Waals surface area contributed by atoms with Gasteiger partial charge in [0.05, 0.1) is 5.52 Å². The molecule has 1 aliphatic carbocycles. The van der Waals surface area contributed by atoms with Gasteiger partial charge in [0.15, 0.2) is 5.67 Å². The minimum Gasteiger partial charge on any atom is -0.310 e. The van der Waals surface area contributed by atoms with Crippen molar-refractivity contribution >= 4 is 56.3 Å². The molecule has 2 unspecified atom stereocenters. The molecule has 0 amide bonds. The van der Waals surface area contributed by atoms with Crippen molar-refractivity contribution in [2.24, 2.45) is 0 Å². The number of hydrogen-bond acceptors (Lipinski definition) is 1. The van der Waals surface area contributed by atoms with Gasteiger partial charge in [0.25, 0.3) is 6.71 Å². The van der Waals surface area contributed by atoms with Crippen LogP contribution in [0, 0.1) is 0 Å². The summed E-state index contributed by atoms with van der Waals surface area (Å²) in [5.74, 6) is -2.06. The molecule has 35 heavy (non-hydrogen) atoms. The monoisotopic (exact) mass is 458 g/mol. The number of benzene rings is 4. The van der Waals surface area contributed by atoms with E-state index in [0.717, 1.165) is 33.5 Å². The van der Waals surface area contributed by atoms with Crippen LogP contribution in [-0.4, -0.2) is 17.1 Å². The summed E-state index contributed by atoms with van der Waals surface area (Å²) in [5.41, 5.74) is 6.87. The van der Waals surface area contributed by atoms with E-state index in [1.54, 1.807) is 4.90 Å². The molecule has 0 spiro atoms. The van der Waals surface area contributed by atoms with Crippen LogP contribution < -0.4 is 21.3 Å². The molecule has 1 aromatic heterocycles. The summed E-state index contributed by atoms with van der Waals surface area (Å²) in [6.07, 6.45) is 1.86. The number of nitrogens with zero attached hydrogens (tertiary/aromatic N) is 2. The first-order valence-electron chi connectivity index (χ1n) is 12.6. The van der Waals surface area contributed by atoms with Gasteiger partial charge in [0.2, 0.25) is 5.79 Å². The molecule has 2 nitrogen and oxygen atoms in total. The van der Waals surface area contributed by atoms with Crippen LogP contribution in [0.25, 0.3) is 27.5 Å². The smallest absolute Gasteiger partial charge is 0.252 e. The number of aromatic nitrogens is 1. The van der Waals surface area contributed by atoms with E-state index in [-0.39, 0.29) is 19.6 Å². The van der Waals surface area contributed by atoms with Crippen molar-refractivity contribution in [2.75, 3.05) is 4.90 Å². The topological polar surface area (TPSA) is 8.17 Å². The molecular formula is C30H21BF2N2. The lowest BCUT2D eigenvalue weighted by molar-refractivity contribution is -0.0615. The minimum absolute atomic E-state index is 0.0553. The normalized spacial score (nSPS) is 25.1. The van der Waals surface area contributed by atoms with Crippen molar-refractivity contribution in [2.45, 2.75) is 37.1 Å². The van der Waals surface area contributed by atoms with Crippen LogP contribution in [0.1, 0.15) is 31.2 Å². The maximum absolute atomic E-state index is 17.1. The van der Waals surface area contributed by atoms with Gasteiger partial charge >= 0.3 is 0 Å². The Bertz CT molecular complexity index is 1770. The first-order chi connectivity index (χ1) is 17.1. The van der Waals surface area contributed by atoms with E-state index in [2.05, 4.69) is 59.2 Å². The van der Waals surface area contributed by atoms with E-state index in [0.29, 0.717) is 18.4 Å². The summed E-state index contributed by atoms with van der Waals surface area (Å²) in [4.78, 5) is 1.75. The van der Waals surface area contributed by atoms with E-state index in [9.17, 15) is 0 Å². The minimum atomic E-state index is -2.06. The van der Waals surface area contributed by atoms with Crippen LogP contribution in [-0.2, 0) is 5.67 Å². The van der Waals surface area contributed by atoms with Crippen LogP contribution >= 0.6 is 0 Å². The average Bonchev–Trinajstić information content (AvgIpc) is 3.33. The highest BCUT2D eigenvalue weighted by atomic mass is 19.2. The molecular weight excluding hydrogens is 437 g/mol. The van der Waals surface area contributed by atoms with Gasteiger partial charge < -0.3 is 9.47 Å². The molecule has 4 heterocycles. The summed E-state index contributed by atoms with van der Waals surface area (Å²) in [5, 5.41) is 2.44. The molecule has 2 atom stereocenters. The molecule has 5 aromatic rings. The average molecular weight is 458 g/mol. The van der Waals surface area contributed by atoms with Gasteiger partial charge in [0, 0.05) is 45.3 Å². The highest BCUT2D eigenvalue weighted by molar-refractivity contribution is 7.00. The van der Waals surface area contributed by atoms with Crippen molar-refractivity contribution in [1.82, 2.24) is 4.57 Å². The Kier molecular flexibility index (Phi) is 3.09. The third-order valence-electron chi connectivity index (χ3n) is 9.14. The maximum atomic E-state index is 17.1. The lowest BCUT2D eigenvalue weighted by Gasteiger charge is -2.46. The number of anilines is 2. The fourth-order valence-electron chi connectivity index (χ4n) is 7.83. The lowest BCUT2D eigenvalue weighted by atomic mass is 9.34. The van der Waals surface area contributed by atoms with Crippen molar-refractivity contribution in [3.05, 3.63) is 84.4 Å². The first-order valence-corrected chi connectivity index (χ1v) is 12.6. The summed E-state index contributed by atoms with van der Waals surface area (Å²) in [7, 11) is 0. The second kappa shape index (κ2) is 5.79. The van der Waals surface area contributed by atoms with Gasteiger partial charge in [0.1, 0.15) is 0 Å². The maximum Gasteiger partial charge on any atom is 0.252 e. The van der Waals surface area contributed by atoms with Crippen LogP contribution in [0.2, 0.25) is 0 Å². The zero-order chi connectivity index (χ0) is 23.1. The second-order valence-corrected chi connectivity index (χ2v) is 10.6. The molecule has 0 bridgehead atoms. The zero-order valence-electron chi connectivity index (χ0n) is 19.1. The fraction of sp³-hybridized carbons (Fsp3) is 0.200. The van der Waals surface area contributed by atoms with Crippen molar-refractivity contribution in [3.8, 4) is 5.69 Å². The number of alkyl halides is 2. The van der Waals surface area contributed by atoms with Gasteiger partial charge in [-0.25, -0.2) is 8.78 Å². The number of halogens is 2. The van der Waals surface area contributed by atoms with E-state index < -0.39 is 11.5 Å². The molecule has 0 N–H and O–H groups in total. The number of fused-ring (bicyclic) bond motifs is 10. The van der Waals surface area contributed by atoms with Crippen LogP contribution in [0.15, 0.2) is 78.9 Å². The van der Waals surface area contributed by atoms with Gasteiger partial charge in [-0.1, -0.05) is 60.7 Å². The summed E-state index contributed by atoms with van der Waals surface area (Å²) >= 11 is 0. The third-order valence-corrected chi connectivity index (χ3v) is 9.14. The lowest BCUT2D eigenvalue weighted by Crippen LogP contribution is -2.63. The first kappa shape index (κ1) is 18.7. The molecule has 1 fully saturated rings. The second-order valence-electron chi connectivity index (χ2n) is 10.6. The molecule has 0 radical (unpaired) electrons. The predicted molar refractivity (Wildman–Crippen MR) is 139 cm³/mol. The Morgan fingerprint density at radius 3 is 2.40 bits per heavy atom. The van der Waals surface area contributed by atoms with Crippen molar-refractivity contribution in [1.29, 1.82) is 0 Å². The Morgan fingerprint density at radius 2 is 1.46 bits per heavy atom. The van der Waals surface area contributed by atoms with E-state index in [1.807, 2.05) is 24.3 Å². The molecule has 4 aliphatic rings. The van der Waals surface area contributed by atoms with Crippen LogP contribution in [0.5, 0.6) is 0 Å². The summed E-state index contributed by atoms with van der Waals surface area (Å²) < 4.78 is 36.3. The standard InChI is InChI=1S/C30H21BF2N2/c32-29-16-3-4-17-30(29,33)35-25-15-7-14-24-26(25)31(22-12-6-10-20(29)28(22)35)21-11-5-9-19-18-8-1-2-13-23(18)34(24)27(19)21/h1-2,5-15H,3-4,16-17H2. The largest absolute Gasteiger partial charge is 0.310 e. The van der Waals surface area contributed by atoms with Gasteiger partial charge in [-0.2, -0.15) is 0 Å². The van der Waals surface area contributed by atoms with Crippen LogP contribution in [0.4, 0.5) is 20.2 Å². The number of hydrogen-bond donors (Lipinski definition) is 0. The Balaban J connectivity index is 1.49. The molecule has 1 saturated carbocycles. The predicted octanol–water partition coefficient (Wildman–Crippen LogP) is 5.48. The molecule has 3 aliphatic heterocycles. The van der Waals surface area contributed by atoms with Crippen molar-refractivity contribution in [3.63, 3.8) is 0 Å². The molecule has 4 aromatic carbocycles.